The van der Waals surface area contributed by atoms with Crippen molar-refractivity contribution in [2.75, 3.05) is 6.61 Å². The molecule has 6 nitrogen and oxygen atoms in total. The molecule has 0 unspecified atom stereocenters. The van der Waals surface area contributed by atoms with Crippen molar-refractivity contribution in [2.24, 2.45) is 0 Å². The highest BCUT2D eigenvalue weighted by Crippen LogP contribution is 2.40. The zero-order valence-corrected chi connectivity index (χ0v) is 10.7. The van der Waals surface area contributed by atoms with Gasteiger partial charge in [-0.1, -0.05) is 0 Å². The van der Waals surface area contributed by atoms with Gasteiger partial charge in [-0.2, -0.15) is 18.4 Å². The molecule has 0 saturated carbocycles. The molecule has 0 aliphatic heterocycles. The molecule has 9 heteroatoms. The molecule has 21 heavy (non-hydrogen) atoms. The first-order valence-corrected chi connectivity index (χ1v) is 5.65. The van der Waals surface area contributed by atoms with E-state index in [1.165, 1.54) is 13.0 Å². The number of nitro groups is 1. The van der Waals surface area contributed by atoms with Gasteiger partial charge in [0.1, 0.15) is 5.56 Å². The van der Waals surface area contributed by atoms with E-state index >= 15 is 0 Å². The van der Waals surface area contributed by atoms with Gasteiger partial charge < -0.3 is 4.74 Å². The maximum atomic E-state index is 13.1. The van der Waals surface area contributed by atoms with Crippen molar-refractivity contribution >= 4 is 11.7 Å². The second-order valence-electron chi connectivity index (χ2n) is 3.83. The van der Waals surface area contributed by atoms with Gasteiger partial charge in [-0.15, -0.1) is 0 Å². The molecule has 0 amide bonds. The highest BCUT2D eigenvalue weighted by atomic mass is 19.4. The minimum Gasteiger partial charge on any atom is -0.466 e. The van der Waals surface area contributed by atoms with E-state index in [1.807, 2.05) is 0 Å². The molecule has 0 heterocycles. The van der Waals surface area contributed by atoms with Crippen LogP contribution in [0.15, 0.2) is 12.1 Å². The Balaban J connectivity index is 3.56. The molecule has 112 valence electrons. The zero-order valence-electron chi connectivity index (χ0n) is 10.7. The highest BCUT2D eigenvalue weighted by molar-refractivity contribution is 5.75. The summed E-state index contributed by atoms with van der Waals surface area (Å²) < 4.78 is 43.7. The third-order valence-electron chi connectivity index (χ3n) is 2.52. The number of hydrogen-bond donors (Lipinski definition) is 0. The molecule has 0 aromatic heterocycles. The summed E-state index contributed by atoms with van der Waals surface area (Å²) in [6, 6.07) is 2.96. The fourth-order valence-corrected chi connectivity index (χ4v) is 1.75. The van der Waals surface area contributed by atoms with Crippen molar-refractivity contribution in [1.29, 1.82) is 5.26 Å². The van der Waals surface area contributed by atoms with Crippen LogP contribution in [-0.4, -0.2) is 17.5 Å². The highest BCUT2D eigenvalue weighted by Gasteiger charge is 2.42. The SMILES string of the molecule is CCOC(=O)Cc1c(C#N)ccc([N+](=O)[O-])c1C(F)(F)F. The predicted molar refractivity (Wildman–Crippen MR) is 63.2 cm³/mol. The summed E-state index contributed by atoms with van der Waals surface area (Å²) in [5.41, 5.74) is -4.01. The average molecular weight is 302 g/mol. The summed E-state index contributed by atoms with van der Waals surface area (Å²) in [6.45, 7) is 1.40. The molecule has 0 spiro atoms. The number of nitro benzene ring substituents is 1. The average Bonchev–Trinajstić information content (AvgIpc) is 2.36. The van der Waals surface area contributed by atoms with Gasteiger partial charge in [0.15, 0.2) is 0 Å². The van der Waals surface area contributed by atoms with Crippen molar-refractivity contribution in [1.82, 2.24) is 0 Å². The van der Waals surface area contributed by atoms with E-state index in [1.54, 1.807) is 0 Å². The third kappa shape index (κ3) is 3.68. The first-order chi connectivity index (χ1) is 9.72. The van der Waals surface area contributed by atoms with E-state index in [4.69, 9.17) is 5.26 Å². The van der Waals surface area contributed by atoms with Gasteiger partial charge in [-0.3, -0.25) is 14.9 Å². The molecule has 0 aliphatic rings. The van der Waals surface area contributed by atoms with E-state index in [9.17, 15) is 28.1 Å². The fourth-order valence-electron chi connectivity index (χ4n) is 1.75. The summed E-state index contributed by atoms with van der Waals surface area (Å²) in [7, 11) is 0. The number of alkyl halides is 3. The lowest BCUT2D eigenvalue weighted by Gasteiger charge is -2.14. The lowest BCUT2D eigenvalue weighted by Crippen LogP contribution is -2.17. The van der Waals surface area contributed by atoms with Crippen LogP contribution in [-0.2, 0) is 22.1 Å². The number of halogens is 3. The van der Waals surface area contributed by atoms with Crippen LogP contribution in [0.1, 0.15) is 23.6 Å². The van der Waals surface area contributed by atoms with Gasteiger partial charge in [0.25, 0.3) is 5.69 Å². The number of ether oxygens (including phenoxy) is 1. The van der Waals surface area contributed by atoms with E-state index in [-0.39, 0.29) is 6.61 Å². The Hall–Kier alpha value is -2.63. The number of rotatable bonds is 4. The zero-order chi connectivity index (χ0) is 16.2. The van der Waals surface area contributed by atoms with Gasteiger partial charge in [0.2, 0.25) is 0 Å². The van der Waals surface area contributed by atoms with Gasteiger partial charge in [0.05, 0.1) is 29.6 Å². The monoisotopic (exact) mass is 302 g/mol. The van der Waals surface area contributed by atoms with E-state index in [0.717, 1.165) is 6.07 Å². The number of hydrogen-bond acceptors (Lipinski definition) is 5. The number of nitriles is 1. The summed E-state index contributed by atoms with van der Waals surface area (Å²) in [5.74, 6) is -1.00. The summed E-state index contributed by atoms with van der Waals surface area (Å²) in [4.78, 5) is 20.9. The largest absolute Gasteiger partial charge is 0.466 e. The minimum absolute atomic E-state index is 0.0585. The molecule has 1 aromatic rings. The molecule has 0 aliphatic carbocycles. The molecule has 1 aromatic carbocycles. The molecule has 0 bridgehead atoms. The first kappa shape index (κ1) is 16.4. The lowest BCUT2D eigenvalue weighted by atomic mass is 9.96. The van der Waals surface area contributed by atoms with E-state index in [2.05, 4.69) is 4.74 Å². The third-order valence-corrected chi connectivity index (χ3v) is 2.52. The van der Waals surface area contributed by atoms with Crippen molar-refractivity contribution in [3.05, 3.63) is 38.9 Å². The minimum atomic E-state index is -5.07. The number of esters is 1. The quantitative estimate of drug-likeness (QED) is 0.484. The van der Waals surface area contributed by atoms with Crippen LogP contribution < -0.4 is 0 Å². The second kappa shape index (κ2) is 6.21. The smallest absolute Gasteiger partial charge is 0.423 e. The van der Waals surface area contributed by atoms with Crippen LogP contribution in [0.3, 0.4) is 0 Å². The summed E-state index contributed by atoms with van der Waals surface area (Å²) in [6.07, 6.45) is -5.94. The van der Waals surface area contributed by atoms with E-state index < -0.39 is 45.9 Å². The topological polar surface area (TPSA) is 93.2 Å². The van der Waals surface area contributed by atoms with Gasteiger partial charge in [0, 0.05) is 11.6 Å². The van der Waals surface area contributed by atoms with Crippen LogP contribution in [0.5, 0.6) is 0 Å². The Kier molecular flexibility index (Phi) is 4.86. The number of nitrogens with zero attached hydrogens (tertiary/aromatic N) is 2. The Bertz CT molecular complexity index is 620. The molecule has 0 atom stereocenters. The van der Waals surface area contributed by atoms with Crippen molar-refractivity contribution < 1.29 is 27.6 Å². The molecule has 0 saturated heterocycles. The van der Waals surface area contributed by atoms with Crippen LogP contribution in [0, 0.1) is 21.4 Å². The molecule has 1 rings (SSSR count). The molecular formula is C12H9F3N2O4. The standard InChI is InChI=1S/C12H9F3N2O4/c1-2-21-10(18)5-8-7(6-16)3-4-9(17(19)20)11(8)12(13,14)15/h3-4H,2,5H2,1H3. The Morgan fingerprint density at radius 3 is 2.52 bits per heavy atom. The van der Waals surface area contributed by atoms with E-state index in [0.29, 0.717) is 6.07 Å². The van der Waals surface area contributed by atoms with Gasteiger partial charge in [-0.05, 0) is 13.0 Å². The van der Waals surface area contributed by atoms with Crippen LogP contribution in [0.4, 0.5) is 18.9 Å². The maximum Gasteiger partial charge on any atom is 0.423 e. The predicted octanol–water partition coefficient (Wildman–Crippen LogP) is 2.59. The second-order valence-corrected chi connectivity index (χ2v) is 3.83. The first-order valence-electron chi connectivity index (χ1n) is 5.65. The summed E-state index contributed by atoms with van der Waals surface area (Å²) >= 11 is 0. The Labute approximate surface area is 116 Å². The molecular weight excluding hydrogens is 293 g/mol. The molecule has 0 N–H and O–H groups in total. The van der Waals surface area contributed by atoms with Gasteiger partial charge >= 0.3 is 12.1 Å². The lowest BCUT2D eigenvalue weighted by molar-refractivity contribution is -0.388. The Morgan fingerprint density at radius 1 is 1.48 bits per heavy atom. The van der Waals surface area contributed by atoms with Crippen LogP contribution in [0.25, 0.3) is 0 Å². The maximum absolute atomic E-state index is 13.1. The number of benzene rings is 1. The van der Waals surface area contributed by atoms with Crippen molar-refractivity contribution in [2.45, 2.75) is 19.5 Å². The summed E-state index contributed by atoms with van der Waals surface area (Å²) in [5, 5.41) is 19.6. The van der Waals surface area contributed by atoms with Crippen molar-refractivity contribution in [3.8, 4) is 6.07 Å². The molecule has 0 fully saturated rings. The number of carbonyl (C=O) groups excluding carboxylic acids is 1. The Morgan fingerprint density at radius 2 is 2.10 bits per heavy atom. The molecule has 0 radical (unpaired) electrons. The van der Waals surface area contributed by atoms with Gasteiger partial charge in [-0.25, -0.2) is 0 Å². The normalized spacial score (nSPS) is 10.8. The van der Waals surface area contributed by atoms with Crippen LogP contribution in [0.2, 0.25) is 0 Å². The fraction of sp³-hybridized carbons (Fsp3) is 0.333. The van der Waals surface area contributed by atoms with Crippen LogP contribution >= 0.6 is 0 Å². The number of carbonyl (C=O) groups is 1. The van der Waals surface area contributed by atoms with Crippen molar-refractivity contribution in [3.63, 3.8) is 0 Å².